The van der Waals surface area contributed by atoms with E-state index >= 15 is 0 Å². The summed E-state index contributed by atoms with van der Waals surface area (Å²) < 4.78 is 1.30. The molecule has 6 nitrogen and oxygen atoms in total. The molecule has 1 amide bonds. The van der Waals surface area contributed by atoms with Gasteiger partial charge in [-0.15, -0.1) is 0 Å². The van der Waals surface area contributed by atoms with Crippen molar-refractivity contribution in [2.24, 2.45) is 5.10 Å². The minimum atomic E-state index is -0.476. The number of nitrogens with zero attached hydrogens (tertiary/aromatic N) is 3. The highest BCUT2D eigenvalue weighted by Crippen LogP contribution is 2.31. The lowest BCUT2D eigenvalue weighted by molar-refractivity contribution is 0.0949. The van der Waals surface area contributed by atoms with E-state index in [-0.39, 0.29) is 11.4 Å². The number of hydrogen-bond acceptors (Lipinski definition) is 5. The molecule has 1 aromatic carbocycles. The summed E-state index contributed by atoms with van der Waals surface area (Å²) >= 11 is 6.57. The molecule has 0 saturated heterocycles. The molecule has 1 heterocycles. The van der Waals surface area contributed by atoms with Crippen molar-refractivity contribution < 1.29 is 9.90 Å². The first-order valence-corrected chi connectivity index (χ1v) is 7.36. The van der Waals surface area contributed by atoms with Gasteiger partial charge in [0.15, 0.2) is 0 Å². The van der Waals surface area contributed by atoms with Crippen LogP contribution in [0.2, 0.25) is 0 Å². The second kappa shape index (κ2) is 6.77. The molecular weight excluding hydrogens is 404 g/mol. The third-order valence-corrected chi connectivity index (χ3v) is 3.60. The van der Waals surface area contributed by atoms with Gasteiger partial charge in [0.1, 0.15) is 11.4 Å². The number of nitrogens with one attached hydrogen (secondary N) is 1. The number of benzene rings is 1. The minimum absolute atomic E-state index is 0.0493. The Morgan fingerprint density at radius 3 is 2.76 bits per heavy atom. The highest BCUT2D eigenvalue weighted by Gasteiger charge is 2.11. The number of phenolic OH excluding ortho intramolecular Hbond substituents is 1. The van der Waals surface area contributed by atoms with Crippen LogP contribution in [0.15, 0.2) is 44.8 Å². The van der Waals surface area contributed by atoms with Crippen LogP contribution in [-0.2, 0) is 0 Å². The average molecular weight is 414 g/mol. The quantitative estimate of drug-likeness (QED) is 0.598. The number of carbonyl (C=O) groups excluding carboxylic acids is 1. The van der Waals surface area contributed by atoms with Crippen LogP contribution in [-0.4, -0.2) is 26.7 Å². The van der Waals surface area contributed by atoms with Gasteiger partial charge < -0.3 is 5.11 Å². The van der Waals surface area contributed by atoms with Gasteiger partial charge in [0.25, 0.3) is 5.91 Å². The molecule has 0 atom stereocenters. The van der Waals surface area contributed by atoms with Crippen LogP contribution in [0.5, 0.6) is 5.75 Å². The van der Waals surface area contributed by atoms with Gasteiger partial charge in [-0.25, -0.2) is 10.4 Å². The second-order valence-corrected chi connectivity index (χ2v) is 5.78. The van der Waals surface area contributed by atoms with Gasteiger partial charge in [-0.1, -0.05) is 15.9 Å². The van der Waals surface area contributed by atoms with E-state index in [2.05, 4.69) is 52.4 Å². The predicted octanol–water partition coefficient (Wildman–Crippen LogP) is 2.86. The highest BCUT2D eigenvalue weighted by molar-refractivity contribution is 9.11. The third-order valence-electron chi connectivity index (χ3n) is 2.54. The normalized spacial score (nSPS) is 11.3. The number of aromatic nitrogens is 2. The van der Waals surface area contributed by atoms with Crippen LogP contribution >= 0.6 is 31.9 Å². The van der Waals surface area contributed by atoms with Crippen molar-refractivity contribution in [3.8, 4) is 5.75 Å². The molecule has 0 aliphatic carbocycles. The topological polar surface area (TPSA) is 87.5 Å². The van der Waals surface area contributed by atoms with E-state index in [0.717, 1.165) is 4.47 Å². The lowest BCUT2D eigenvalue weighted by atomic mass is 10.1. The average Bonchev–Trinajstić information content (AvgIpc) is 2.49. The SMILES string of the molecule is CC(=NNC(=O)c1cnccn1)c1cc(Br)cc(Br)c1O. The van der Waals surface area contributed by atoms with Gasteiger partial charge in [0.05, 0.1) is 16.4 Å². The zero-order chi connectivity index (χ0) is 15.4. The van der Waals surface area contributed by atoms with Crippen molar-refractivity contribution in [1.29, 1.82) is 0 Å². The number of aromatic hydroxyl groups is 1. The molecule has 2 N–H and O–H groups in total. The molecule has 21 heavy (non-hydrogen) atoms. The maximum Gasteiger partial charge on any atom is 0.291 e. The van der Waals surface area contributed by atoms with Crippen LogP contribution in [0.3, 0.4) is 0 Å². The van der Waals surface area contributed by atoms with E-state index in [9.17, 15) is 9.90 Å². The maximum absolute atomic E-state index is 11.8. The van der Waals surface area contributed by atoms with Crippen molar-refractivity contribution in [1.82, 2.24) is 15.4 Å². The highest BCUT2D eigenvalue weighted by atomic mass is 79.9. The summed E-state index contributed by atoms with van der Waals surface area (Å²) in [6.07, 6.45) is 4.23. The Balaban J connectivity index is 2.21. The number of rotatable bonds is 3. The Morgan fingerprint density at radius 2 is 2.10 bits per heavy atom. The first kappa shape index (κ1) is 15.6. The molecule has 0 fully saturated rings. The zero-order valence-corrected chi connectivity index (χ0v) is 14.0. The van der Waals surface area contributed by atoms with Crippen LogP contribution in [0, 0.1) is 0 Å². The van der Waals surface area contributed by atoms with Gasteiger partial charge in [0, 0.05) is 22.4 Å². The number of carbonyl (C=O) groups is 1. The van der Waals surface area contributed by atoms with Crippen molar-refractivity contribution >= 4 is 43.5 Å². The first-order valence-electron chi connectivity index (χ1n) is 5.78. The number of hydrogen-bond donors (Lipinski definition) is 2. The molecule has 2 rings (SSSR count). The summed E-state index contributed by atoms with van der Waals surface area (Å²) in [6.45, 7) is 1.67. The fraction of sp³-hybridized carbons (Fsp3) is 0.0769. The standard InChI is InChI=1S/C13H10Br2N4O2/c1-7(9-4-8(14)5-10(15)12(9)20)18-19-13(21)11-6-16-2-3-17-11/h2-6,20H,1H3,(H,19,21). The molecule has 0 radical (unpaired) electrons. The summed E-state index contributed by atoms with van der Waals surface area (Å²) in [7, 11) is 0. The third kappa shape index (κ3) is 3.85. The van der Waals surface area contributed by atoms with Gasteiger partial charge in [-0.05, 0) is 35.0 Å². The predicted molar refractivity (Wildman–Crippen MR) is 85.2 cm³/mol. The lowest BCUT2D eigenvalue weighted by Gasteiger charge is -2.07. The molecule has 8 heteroatoms. The fourth-order valence-corrected chi connectivity index (χ4v) is 2.74. The second-order valence-electron chi connectivity index (χ2n) is 4.01. The summed E-state index contributed by atoms with van der Waals surface area (Å²) in [4.78, 5) is 19.5. The number of hydrazone groups is 1. The van der Waals surface area contributed by atoms with Gasteiger partial charge in [0.2, 0.25) is 0 Å². The zero-order valence-electron chi connectivity index (χ0n) is 10.8. The van der Waals surface area contributed by atoms with E-state index in [1.54, 1.807) is 19.1 Å². The van der Waals surface area contributed by atoms with Crippen molar-refractivity contribution in [3.05, 3.63) is 50.9 Å². The molecule has 0 unspecified atom stereocenters. The number of phenols is 1. The van der Waals surface area contributed by atoms with E-state index in [4.69, 9.17) is 0 Å². The number of amides is 1. The fourth-order valence-electron chi connectivity index (χ4n) is 1.51. The van der Waals surface area contributed by atoms with E-state index in [0.29, 0.717) is 15.7 Å². The summed E-state index contributed by atoms with van der Waals surface area (Å²) in [5, 5.41) is 14.0. The van der Waals surface area contributed by atoms with Crippen LogP contribution in [0.1, 0.15) is 23.0 Å². The van der Waals surface area contributed by atoms with Crippen molar-refractivity contribution in [3.63, 3.8) is 0 Å². The molecule has 1 aromatic heterocycles. The van der Waals surface area contributed by atoms with Gasteiger partial charge in [-0.2, -0.15) is 5.10 Å². The Bertz CT molecular complexity index is 705. The minimum Gasteiger partial charge on any atom is -0.506 e. The Labute approximate surface area is 137 Å². The van der Waals surface area contributed by atoms with Crippen molar-refractivity contribution in [2.45, 2.75) is 6.92 Å². The van der Waals surface area contributed by atoms with Crippen LogP contribution in [0.4, 0.5) is 0 Å². The Kier molecular flexibility index (Phi) is 5.03. The summed E-state index contributed by atoms with van der Waals surface area (Å²) in [5.41, 5.74) is 3.48. The molecule has 2 aromatic rings. The monoisotopic (exact) mass is 412 g/mol. The van der Waals surface area contributed by atoms with E-state index < -0.39 is 5.91 Å². The molecule has 108 valence electrons. The molecule has 0 bridgehead atoms. The molecule has 0 aliphatic rings. The molecule has 0 spiro atoms. The Morgan fingerprint density at radius 1 is 1.33 bits per heavy atom. The summed E-state index contributed by atoms with van der Waals surface area (Å²) in [6, 6.07) is 3.41. The van der Waals surface area contributed by atoms with Crippen LogP contribution < -0.4 is 5.43 Å². The molecular formula is C13H10Br2N4O2. The maximum atomic E-state index is 11.8. The molecule has 0 aliphatic heterocycles. The van der Waals surface area contributed by atoms with E-state index in [1.165, 1.54) is 18.6 Å². The van der Waals surface area contributed by atoms with Gasteiger partial charge >= 0.3 is 0 Å². The van der Waals surface area contributed by atoms with E-state index in [1.807, 2.05) is 0 Å². The lowest BCUT2D eigenvalue weighted by Crippen LogP contribution is -2.20. The van der Waals surface area contributed by atoms with Gasteiger partial charge in [-0.3, -0.25) is 9.78 Å². The summed E-state index contributed by atoms with van der Waals surface area (Å²) in [5.74, 6) is -0.427. The smallest absolute Gasteiger partial charge is 0.291 e. The van der Waals surface area contributed by atoms with Crippen molar-refractivity contribution in [2.75, 3.05) is 0 Å². The Hall–Kier alpha value is -1.80. The van der Waals surface area contributed by atoms with Crippen LogP contribution in [0.25, 0.3) is 0 Å². The largest absolute Gasteiger partial charge is 0.506 e. The number of halogens is 2. The first-order chi connectivity index (χ1) is 9.99. The molecule has 0 saturated carbocycles.